The molecule has 5 nitrogen and oxygen atoms in total. The van der Waals surface area contributed by atoms with Crippen LogP contribution in [0.15, 0.2) is 54.5 Å². The monoisotopic (exact) mass is 451 g/mol. The van der Waals surface area contributed by atoms with Crippen LogP contribution >= 0.6 is 0 Å². The number of aromatic nitrogens is 1. The van der Waals surface area contributed by atoms with Crippen LogP contribution < -0.4 is 10.0 Å². The molecular formula is C22H24F3N3O2S. The molecule has 1 atom stereocenters. The van der Waals surface area contributed by atoms with Crippen LogP contribution in [0.4, 0.5) is 18.9 Å². The van der Waals surface area contributed by atoms with Crippen LogP contribution in [0.5, 0.6) is 0 Å². The van der Waals surface area contributed by atoms with Crippen molar-refractivity contribution in [2.75, 3.05) is 4.72 Å². The Morgan fingerprint density at radius 2 is 1.87 bits per heavy atom. The number of hydrogen-bond donors (Lipinski definition) is 2. The molecule has 1 aromatic heterocycles. The van der Waals surface area contributed by atoms with E-state index < -0.39 is 22.9 Å². The Bertz CT molecular complexity index is 971. The van der Waals surface area contributed by atoms with Gasteiger partial charge in [-0.15, -0.1) is 0 Å². The van der Waals surface area contributed by atoms with Crippen molar-refractivity contribution in [1.82, 2.24) is 10.3 Å². The molecule has 0 radical (unpaired) electrons. The molecule has 1 unspecified atom stereocenters. The molecule has 2 aromatic rings. The summed E-state index contributed by atoms with van der Waals surface area (Å²) in [5.74, 6) is -0.274. The number of nitrogens with zero attached hydrogens (tertiary/aromatic N) is 1. The Kier molecular flexibility index (Phi) is 8.56. The Labute approximate surface area is 182 Å². The predicted molar refractivity (Wildman–Crippen MR) is 117 cm³/mol. The smallest absolute Gasteiger partial charge is 0.348 e. The zero-order valence-corrected chi connectivity index (χ0v) is 18.0. The molecule has 31 heavy (non-hydrogen) atoms. The number of pyridine rings is 1. The SMILES string of the molecule is C=CS(=O)Nc1ccc(CNC(=O)/C=C/c2ccc(C(F)(F)F)nc2CC(C)C)cc1. The fraction of sp³-hybridized carbons (Fsp3) is 0.273. The Hall–Kier alpha value is -2.94. The number of carbonyl (C=O) groups excluding carboxylic acids is 1. The van der Waals surface area contributed by atoms with Crippen LogP contribution in [0.2, 0.25) is 0 Å². The van der Waals surface area contributed by atoms with Crippen LogP contribution in [0.3, 0.4) is 0 Å². The summed E-state index contributed by atoms with van der Waals surface area (Å²) in [5.41, 5.74) is 1.31. The summed E-state index contributed by atoms with van der Waals surface area (Å²) in [6, 6.07) is 9.24. The first-order chi connectivity index (χ1) is 14.6. The zero-order valence-electron chi connectivity index (χ0n) is 17.2. The standard InChI is InChI=1S/C22H24F3N3O2S/c1-4-31(30)28-18-9-5-16(6-10-18)14-26-21(29)12-8-17-7-11-20(22(23,24)25)27-19(17)13-15(2)3/h4-12,15,28H,1,13-14H2,2-3H3,(H,26,29)/b12-8+. The zero-order chi connectivity index (χ0) is 23.0. The topological polar surface area (TPSA) is 71.1 Å². The number of halogens is 3. The van der Waals surface area contributed by atoms with Crippen molar-refractivity contribution in [3.8, 4) is 0 Å². The molecule has 2 N–H and O–H groups in total. The lowest BCUT2D eigenvalue weighted by Crippen LogP contribution is -2.20. The van der Waals surface area contributed by atoms with Crippen molar-refractivity contribution in [2.45, 2.75) is 33.0 Å². The minimum Gasteiger partial charge on any atom is -0.348 e. The largest absolute Gasteiger partial charge is 0.433 e. The number of rotatable bonds is 9. The lowest BCUT2D eigenvalue weighted by molar-refractivity contribution is -0.141. The van der Waals surface area contributed by atoms with Gasteiger partial charge >= 0.3 is 6.18 Å². The Morgan fingerprint density at radius 1 is 1.19 bits per heavy atom. The van der Waals surface area contributed by atoms with Crippen LogP contribution in [0, 0.1) is 5.92 Å². The third kappa shape index (κ3) is 8.01. The number of benzene rings is 1. The van der Waals surface area contributed by atoms with Crippen molar-refractivity contribution in [3.63, 3.8) is 0 Å². The summed E-state index contributed by atoms with van der Waals surface area (Å²) < 4.78 is 53.0. The highest BCUT2D eigenvalue weighted by Crippen LogP contribution is 2.29. The average Bonchev–Trinajstić information content (AvgIpc) is 2.71. The number of amides is 1. The van der Waals surface area contributed by atoms with Crippen molar-refractivity contribution in [2.24, 2.45) is 5.92 Å². The molecule has 0 saturated carbocycles. The van der Waals surface area contributed by atoms with Crippen molar-refractivity contribution in [3.05, 3.63) is 77.0 Å². The van der Waals surface area contributed by atoms with Crippen LogP contribution in [-0.2, 0) is 34.9 Å². The number of anilines is 1. The van der Waals surface area contributed by atoms with Crippen LogP contribution in [0.1, 0.15) is 36.4 Å². The van der Waals surface area contributed by atoms with Gasteiger partial charge in [-0.25, -0.2) is 9.19 Å². The van der Waals surface area contributed by atoms with E-state index >= 15 is 0 Å². The molecule has 1 amide bonds. The average molecular weight is 452 g/mol. The van der Waals surface area contributed by atoms with E-state index in [2.05, 4.69) is 21.6 Å². The first-order valence-corrected chi connectivity index (χ1v) is 10.7. The van der Waals surface area contributed by atoms with E-state index in [0.29, 0.717) is 23.4 Å². The minimum absolute atomic E-state index is 0.110. The molecule has 0 fully saturated rings. The molecular weight excluding hydrogens is 427 g/mol. The molecule has 0 aliphatic heterocycles. The molecule has 0 aliphatic rings. The van der Waals surface area contributed by atoms with Gasteiger partial charge in [0, 0.05) is 29.4 Å². The van der Waals surface area contributed by atoms with Gasteiger partial charge in [-0.1, -0.05) is 38.6 Å². The van der Waals surface area contributed by atoms with E-state index in [0.717, 1.165) is 11.6 Å². The normalized spacial score (nSPS) is 12.7. The lowest BCUT2D eigenvalue weighted by Gasteiger charge is -2.12. The Morgan fingerprint density at radius 3 is 2.45 bits per heavy atom. The molecule has 0 bridgehead atoms. The van der Waals surface area contributed by atoms with E-state index in [9.17, 15) is 22.2 Å². The number of nitrogens with one attached hydrogen (secondary N) is 2. The van der Waals surface area contributed by atoms with E-state index in [4.69, 9.17) is 0 Å². The fourth-order valence-corrected chi connectivity index (χ4v) is 3.09. The number of carbonyl (C=O) groups is 1. The fourth-order valence-electron chi connectivity index (χ4n) is 2.63. The van der Waals surface area contributed by atoms with Gasteiger partial charge < -0.3 is 10.0 Å². The van der Waals surface area contributed by atoms with E-state index in [1.165, 1.54) is 23.6 Å². The van der Waals surface area contributed by atoms with Crippen LogP contribution in [0.25, 0.3) is 6.08 Å². The van der Waals surface area contributed by atoms with Gasteiger partial charge in [-0.2, -0.15) is 13.2 Å². The maximum Gasteiger partial charge on any atom is 0.433 e. The van der Waals surface area contributed by atoms with E-state index in [1.54, 1.807) is 24.3 Å². The van der Waals surface area contributed by atoms with Crippen LogP contribution in [-0.4, -0.2) is 15.1 Å². The molecule has 2 rings (SSSR count). The second-order valence-corrected chi connectivity index (χ2v) is 8.27. The first kappa shape index (κ1) is 24.3. The summed E-state index contributed by atoms with van der Waals surface area (Å²) in [5, 5.41) is 3.99. The highest BCUT2D eigenvalue weighted by molar-refractivity contribution is 7.89. The second kappa shape index (κ2) is 10.9. The highest BCUT2D eigenvalue weighted by atomic mass is 32.2. The minimum atomic E-state index is -4.52. The van der Waals surface area contributed by atoms with Gasteiger partial charge in [-0.3, -0.25) is 4.79 Å². The summed E-state index contributed by atoms with van der Waals surface area (Å²) in [7, 11) is -1.36. The van der Waals surface area contributed by atoms with Crippen molar-refractivity contribution >= 4 is 28.7 Å². The Balaban J connectivity index is 2.02. The number of hydrogen-bond acceptors (Lipinski definition) is 3. The predicted octanol–water partition coefficient (Wildman–Crippen LogP) is 4.85. The summed E-state index contributed by atoms with van der Waals surface area (Å²) in [6.07, 6.45) is -1.41. The molecule has 0 aliphatic carbocycles. The van der Waals surface area contributed by atoms with Gasteiger partial charge in [0.2, 0.25) is 5.91 Å². The molecule has 1 aromatic carbocycles. The van der Waals surface area contributed by atoms with E-state index in [1.807, 2.05) is 13.8 Å². The first-order valence-electron chi connectivity index (χ1n) is 9.50. The maximum absolute atomic E-state index is 12.9. The molecule has 0 spiro atoms. The number of alkyl halides is 3. The van der Waals surface area contributed by atoms with Gasteiger partial charge in [0.25, 0.3) is 0 Å². The molecule has 0 saturated heterocycles. The lowest BCUT2D eigenvalue weighted by atomic mass is 10.0. The second-order valence-electron chi connectivity index (χ2n) is 7.14. The summed E-state index contributed by atoms with van der Waals surface area (Å²) in [4.78, 5) is 15.9. The van der Waals surface area contributed by atoms with Gasteiger partial charge in [0.15, 0.2) is 0 Å². The van der Waals surface area contributed by atoms with Crippen molar-refractivity contribution in [1.29, 1.82) is 0 Å². The van der Waals surface area contributed by atoms with Crippen molar-refractivity contribution < 1.29 is 22.2 Å². The molecule has 166 valence electrons. The molecule has 1 heterocycles. The maximum atomic E-state index is 12.9. The summed E-state index contributed by atoms with van der Waals surface area (Å²) >= 11 is 0. The van der Waals surface area contributed by atoms with Gasteiger partial charge in [0.05, 0.1) is 0 Å². The summed E-state index contributed by atoms with van der Waals surface area (Å²) in [6.45, 7) is 7.46. The van der Waals surface area contributed by atoms with Gasteiger partial charge in [-0.05, 0) is 47.7 Å². The third-order valence-corrected chi connectivity index (χ3v) is 4.85. The van der Waals surface area contributed by atoms with E-state index in [-0.39, 0.29) is 18.4 Å². The third-order valence-electron chi connectivity index (χ3n) is 4.11. The molecule has 9 heteroatoms. The van der Waals surface area contributed by atoms with Gasteiger partial charge in [0.1, 0.15) is 16.7 Å². The highest BCUT2D eigenvalue weighted by Gasteiger charge is 2.32. The quantitative estimate of drug-likeness (QED) is 0.536.